The topological polar surface area (TPSA) is 202 Å². The van der Waals surface area contributed by atoms with Crippen molar-refractivity contribution in [1.82, 2.24) is 19.2 Å². The number of nitrogens with one attached hydrogen (secondary N) is 2. The fourth-order valence-corrected chi connectivity index (χ4v) is 4.06. The van der Waals surface area contributed by atoms with Crippen LogP contribution in [0.5, 0.6) is 0 Å². The van der Waals surface area contributed by atoms with E-state index < -0.39 is 86.6 Å². The molecule has 0 spiro atoms. The molecule has 18 heteroatoms. The summed E-state index contributed by atoms with van der Waals surface area (Å²) in [6.07, 6.45) is -3.91. The summed E-state index contributed by atoms with van der Waals surface area (Å²) < 4.78 is 66.2. The second-order valence-corrected chi connectivity index (χ2v) is 8.98. The number of nitrogens with zero attached hydrogens (tertiary/aromatic N) is 3. The first-order chi connectivity index (χ1) is 16.5. The Bertz CT molecular complexity index is 1420. The molecule has 1 amide bonds. The Kier molecular flexibility index (Phi) is 8.37. The predicted molar refractivity (Wildman–Crippen MR) is 114 cm³/mol. The molecular formula is C18H18F3N5O9S. The van der Waals surface area contributed by atoms with Gasteiger partial charge in [-0.25, -0.2) is 17.9 Å². The Morgan fingerprint density at radius 1 is 1.28 bits per heavy atom. The molecule has 196 valence electrons. The van der Waals surface area contributed by atoms with Crippen LogP contribution in [0.15, 0.2) is 38.9 Å². The van der Waals surface area contributed by atoms with E-state index in [1.807, 2.05) is 9.71 Å². The summed E-state index contributed by atoms with van der Waals surface area (Å²) in [5.41, 5.74) is -4.36. The van der Waals surface area contributed by atoms with Gasteiger partial charge in [0.1, 0.15) is 13.1 Å². The van der Waals surface area contributed by atoms with Gasteiger partial charge in [-0.1, -0.05) is 0 Å². The van der Waals surface area contributed by atoms with E-state index in [9.17, 15) is 50.9 Å². The number of aromatic amines is 1. The van der Waals surface area contributed by atoms with E-state index in [2.05, 4.69) is 0 Å². The molecule has 1 aromatic carbocycles. The number of carbonyl (C=O) groups is 2. The highest BCUT2D eigenvalue weighted by Gasteiger charge is 2.35. The lowest BCUT2D eigenvalue weighted by atomic mass is 10.2. The zero-order valence-corrected chi connectivity index (χ0v) is 19.1. The molecule has 0 bridgehead atoms. The SMILES string of the molecule is Cc1cn(CC(=O)N(CCNS(=O)(=O)c2ccc(C(F)(F)F)cc2[N+](=O)[O-])CC(=O)O)c(=O)[nH]c1=O. The van der Waals surface area contributed by atoms with E-state index in [1.165, 1.54) is 6.92 Å². The number of H-pyrrole nitrogens is 1. The highest BCUT2D eigenvalue weighted by molar-refractivity contribution is 7.89. The van der Waals surface area contributed by atoms with Crippen LogP contribution in [0.4, 0.5) is 18.9 Å². The third kappa shape index (κ3) is 6.98. The molecule has 0 aliphatic heterocycles. The summed E-state index contributed by atoms with van der Waals surface area (Å²) in [6.45, 7) is -1.54. The lowest BCUT2D eigenvalue weighted by Gasteiger charge is -2.21. The molecule has 0 saturated carbocycles. The summed E-state index contributed by atoms with van der Waals surface area (Å²) in [5, 5.41) is 20.2. The summed E-state index contributed by atoms with van der Waals surface area (Å²) in [7, 11) is -4.76. The molecule has 0 fully saturated rings. The molecule has 0 aliphatic rings. The fraction of sp³-hybridized carbons (Fsp3) is 0.333. The van der Waals surface area contributed by atoms with Crippen molar-refractivity contribution < 1.29 is 41.2 Å². The smallest absolute Gasteiger partial charge is 0.416 e. The number of aliphatic carboxylic acids is 1. The number of nitro groups is 1. The van der Waals surface area contributed by atoms with Gasteiger partial charge in [0, 0.05) is 30.9 Å². The van der Waals surface area contributed by atoms with Crippen molar-refractivity contribution in [3.8, 4) is 0 Å². The Balaban J connectivity index is 2.22. The number of carboxylic acids is 1. The van der Waals surface area contributed by atoms with E-state index in [-0.39, 0.29) is 11.6 Å². The number of benzene rings is 1. The first-order valence-corrected chi connectivity index (χ1v) is 11.2. The van der Waals surface area contributed by atoms with Gasteiger partial charge in [-0.15, -0.1) is 0 Å². The first-order valence-electron chi connectivity index (χ1n) is 9.68. The second-order valence-electron chi connectivity index (χ2n) is 7.24. The highest BCUT2D eigenvalue weighted by Crippen LogP contribution is 2.34. The zero-order valence-electron chi connectivity index (χ0n) is 18.2. The molecule has 0 unspecified atom stereocenters. The number of rotatable bonds is 10. The molecule has 3 N–H and O–H groups in total. The molecule has 1 heterocycles. The maximum atomic E-state index is 12.8. The van der Waals surface area contributed by atoms with E-state index in [0.717, 1.165) is 10.8 Å². The standard InChI is InChI=1S/C18H18F3N5O9S/c1-10-7-25(17(31)23-16(10)30)8-14(27)24(9-15(28)29)5-4-22-36(34,35)13-3-2-11(18(19,20)21)6-12(13)26(32)33/h2-3,6-7,22H,4-5,8-9H2,1H3,(H,28,29)(H,23,30,31). The van der Waals surface area contributed by atoms with E-state index in [4.69, 9.17) is 5.11 Å². The molecule has 0 aliphatic carbocycles. The van der Waals surface area contributed by atoms with Crippen LogP contribution in [0.3, 0.4) is 0 Å². The first kappa shape index (κ1) is 28.2. The lowest BCUT2D eigenvalue weighted by Crippen LogP contribution is -2.44. The van der Waals surface area contributed by atoms with Gasteiger partial charge in [-0.3, -0.25) is 34.0 Å². The van der Waals surface area contributed by atoms with Crippen LogP contribution in [-0.4, -0.2) is 64.4 Å². The predicted octanol–water partition coefficient (Wildman–Crippen LogP) is -0.336. The minimum atomic E-state index is -4.97. The van der Waals surface area contributed by atoms with Gasteiger partial charge in [0.05, 0.1) is 10.5 Å². The zero-order chi connectivity index (χ0) is 27.4. The number of aryl methyl sites for hydroxylation is 1. The molecule has 1 aromatic heterocycles. The lowest BCUT2D eigenvalue weighted by molar-refractivity contribution is -0.388. The second kappa shape index (κ2) is 10.7. The van der Waals surface area contributed by atoms with Crippen LogP contribution in [0.1, 0.15) is 11.1 Å². The van der Waals surface area contributed by atoms with Gasteiger partial charge in [0.15, 0.2) is 4.90 Å². The average molecular weight is 537 g/mol. The van der Waals surface area contributed by atoms with Crippen molar-refractivity contribution in [2.24, 2.45) is 0 Å². The maximum Gasteiger partial charge on any atom is 0.416 e. The molecule has 0 radical (unpaired) electrons. The number of carbonyl (C=O) groups excluding carboxylic acids is 1. The van der Waals surface area contributed by atoms with Crippen LogP contribution in [-0.2, 0) is 32.3 Å². The Morgan fingerprint density at radius 3 is 2.47 bits per heavy atom. The number of hydrogen-bond acceptors (Lipinski definition) is 8. The van der Waals surface area contributed by atoms with Gasteiger partial charge in [-0.05, 0) is 19.1 Å². The van der Waals surface area contributed by atoms with Gasteiger partial charge in [-0.2, -0.15) is 13.2 Å². The quantitative estimate of drug-likeness (QED) is 0.268. The minimum absolute atomic E-state index is 0.0543. The molecule has 0 saturated heterocycles. The molecule has 2 aromatic rings. The van der Waals surface area contributed by atoms with Gasteiger partial charge < -0.3 is 10.0 Å². The molecular weight excluding hydrogens is 519 g/mol. The Labute approximate surface area is 199 Å². The monoisotopic (exact) mass is 537 g/mol. The van der Waals surface area contributed by atoms with Crippen molar-refractivity contribution in [1.29, 1.82) is 0 Å². The largest absolute Gasteiger partial charge is 0.480 e. The minimum Gasteiger partial charge on any atom is -0.480 e. The number of hydrogen-bond donors (Lipinski definition) is 3. The van der Waals surface area contributed by atoms with Crippen LogP contribution >= 0.6 is 0 Å². The number of alkyl halides is 3. The van der Waals surface area contributed by atoms with Crippen molar-refractivity contribution in [2.75, 3.05) is 19.6 Å². The highest BCUT2D eigenvalue weighted by atomic mass is 32.2. The normalized spacial score (nSPS) is 11.8. The fourth-order valence-electron chi connectivity index (χ4n) is 2.89. The van der Waals surface area contributed by atoms with Gasteiger partial charge >= 0.3 is 17.8 Å². The van der Waals surface area contributed by atoms with Crippen molar-refractivity contribution in [2.45, 2.75) is 24.5 Å². The number of aromatic nitrogens is 2. The summed E-state index contributed by atoms with van der Waals surface area (Å²) in [6, 6.07) is 0.791. The average Bonchev–Trinajstić information content (AvgIpc) is 2.75. The number of sulfonamides is 1. The van der Waals surface area contributed by atoms with Gasteiger partial charge in [0.25, 0.3) is 11.2 Å². The molecule has 2 rings (SSSR count). The van der Waals surface area contributed by atoms with Crippen molar-refractivity contribution >= 4 is 27.6 Å². The summed E-state index contributed by atoms with van der Waals surface area (Å²) >= 11 is 0. The number of amides is 1. The maximum absolute atomic E-state index is 12.8. The number of halogens is 3. The van der Waals surface area contributed by atoms with E-state index in [1.54, 1.807) is 0 Å². The van der Waals surface area contributed by atoms with Crippen molar-refractivity contribution in [3.05, 3.63) is 66.5 Å². The van der Waals surface area contributed by atoms with E-state index >= 15 is 0 Å². The molecule has 14 nitrogen and oxygen atoms in total. The van der Waals surface area contributed by atoms with Gasteiger partial charge in [0.2, 0.25) is 15.9 Å². The van der Waals surface area contributed by atoms with Crippen LogP contribution in [0.25, 0.3) is 0 Å². The number of carboxylic acid groups (broad SMARTS) is 1. The third-order valence-corrected chi connectivity index (χ3v) is 6.13. The van der Waals surface area contributed by atoms with Crippen molar-refractivity contribution in [3.63, 3.8) is 0 Å². The van der Waals surface area contributed by atoms with Crippen LogP contribution in [0, 0.1) is 17.0 Å². The Hall–Kier alpha value is -4.06. The molecule has 36 heavy (non-hydrogen) atoms. The van der Waals surface area contributed by atoms with Crippen LogP contribution < -0.4 is 16.0 Å². The summed E-state index contributed by atoms with van der Waals surface area (Å²) in [4.78, 5) is 58.3. The van der Waals surface area contributed by atoms with Crippen LogP contribution in [0.2, 0.25) is 0 Å². The molecule has 0 atom stereocenters. The Morgan fingerprint density at radius 2 is 1.92 bits per heavy atom. The number of nitro benzene ring substituents is 1. The third-order valence-electron chi connectivity index (χ3n) is 4.62. The van der Waals surface area contributed by atoms with E-state index in [0.29, 0.717) is 17.0 Å². The summed E-state index contributed by atoms with van der Waals surface area (Å²) in [5.74, 6) is -2.44.